The van der Waals surface area contributed by atoms with Gasteiger partial charge in [0.15, 0.2) is 11.6 Å². The average Bonchev–Trinajstić information content (AvgIpc) is 2.45. The molecule has 0 aromatic heterocycles. The first kappa shape index (κ1) is 16.4. The van der Waals surface area contributed by atoms with Gasteiger partial charge in [-0.2, -0.15) is 0 Å². The molecule has 4 nitrogen and oxygen atoms in total. The van der Waals surface area contributed by atoms with E-state index in [-0.39, 0.29) is 24.2 Å². The maximum Gasteiger partial charge on any atom is 0.306 e. The molecule has 0 saturated heterocycles. The molecule has 0 bridgehead atoms. The van der Waals surface area contributed by atoms with E-state index in [2.05, 4.69) is 0 Å². The maximum absolute atomic E-state index is 13.9. The quantitative estimate of drug-likeness (QED) is 0.814. The molecule has 0 saturated carbocycles. The summed E-state index contributed by atoms with van der Waals surface area (Å²) in [7, 11) is 2.73. The minimum atomic E-state index is -0.686. The van der Waals surface area contributed by atoms with Crippen LogP contribution in [-0.2, 0) is 14.9 Å². The van der Waals surface area contributed by atoms with Gasteiger partial charge in [0.2, 0.25) is 0 Å². The van der Waals surface area contributed by atoms with Crippen molar-refractivity contribution in [2.75, 3.05) is 14.2 Å². The molecule has 0 heterocycles. The normalized spacial score (nSPS) is 15.3. The van der Waals surface area contributed by atoms with E-state index in [1.54, 1.807) is 12.1 Å². The zero-order valence-corrected chi connectivity index (χ0v) is 12.4. The van der Waals surface area contributed by atoms with Gasteiger partial charge < -0.3 is 15.2 Å². The third kappa shape index (κ3) is 3.28. The predicted molar refractivity (Wildman–Crippen MR) is 75.2 cm³/mol. The Kier molecular flexibility index (Phi) is 5.51. The second-order valence-corrected chi connectivity index (χ2v) is 5.03. The second kappa shape index (κ2) is 6.70. The fourth-order valence-corrected chi connectivity index (χ4v) is 2.29. The van der Waals surface area contributed by atoms with Crippen LogP contribution in [0.2, 0.25) is 0 Å². The van der Waals surface area contributed by atoms with Crippen molar-refractivity contribution >= 4 is 5.97 Å². The highest BCUT2D eigenvalue weighted by atomic mass is 19.1. The lowest BCUT2D eigenvalue weighted by Gasteiger charge is -2.35. The first-order valence-corrected chi connectivity index (χ1v) is 6.55. The molecule has 2 unspecified atom stereocenters. The van der Waals surface area contributed by atoms with Crippen molar-refractivity contribution in [2.24, 2.45) is 5.73 Å². The summed E-state index contributed by atoms with van der Waals surface area (Å²) in [6, 6.07) is 4.37. The Labute approximate surface area is 119 Å². The molecule has 1 aromatic rings. The summed E-state index contributed by atoms with van der Waals surface area (Å²) in [6.45, 7) is 3.78. The number of methoxy groups -OCH3 is 2. The van der Waals surface area contributed by atoms with Crippen molar-refractivity contribution in [1.29, 1.82) is 0 Å². The Bertz CT molecular complexity index is 478. The van der Waals surface area contributed by atoms with Crippen LogP contribution in [0.1, 0.15) is 32.3 Å². The van der Waals surface area contributed by atoms with Gasteiger partial charge >= 0.3 is 5.97 Å². The molecule has 0 amide bonds. The first-order valence-electron chi connectivity index (χ1n) is 6.55. The van der Waals surface area contributed by atoms with Gasteiger partial charge in [0.05, 0.1) is 20.6 Å². The lowest BCUT2D eigenvalue weighted by molar-refractivity contribution is -0.142. The van der Waals surface area contributed by atoms with Gasteiger partial charge in [-0.05, 0) is 24.1 Å². The van der Waals surface area contributed by atoms with Gasteiger partial charge in [0.25, 0.3) is 0 Å². The van der Waals surface area contributed by atoms with Crippen molar-refractivity contribution in [3.63, 3.8) is 0 Å². The van der Waals surface area contributed by atoms with E-state index in [1.807, 2.05) is 13.8 Å². The highest BCUT2D eigenvalue weighted by Crippen LogP contribution is 2.34. The number of nitrogens with two attached hydrogens (primary N) is 1. The van der Waals surface area contributed by atoms with Gasteiger partial charge in [-0.3, -0.25) is 4.79 Å². The zero-order valence-electron chi connectivity index (χ0n) is 12.4. The van der Waals surface area contributed by atoms with Crippen LogP contribution < -0.4 is 10.5 Å². The van der Waals surface area contributed by atoms with Gasteiger partial charge in [-0.1, -0.05) is 19.9 Å². The first-order chi connectivity index (χ1) is 9.38. The molecule has 112 valence electrons. The molecule has 2 N–H and O–H groups in total. The van der Waals surface area contributed by atoms with E-state index in [4.69, 9.17) is 15.2 Å². The van der Waals surface area contributed by atoms with E-state index in [1.165, 1.54) is 20.3 Å². The van der Waals surface area contributed by atoms with Gasteiger partial charge in [0, 0.05) is 11.5 Å². The molecule has 5 heteroatoms. The minimum Gasteiger partial charge on any atom is -0.494 e. The van der Waals surface area contributed by atoms with E-state index >= 15 is 0 Å². The Balaban J connectivity index is 3.23. The number of halogens is 1. The molecule has 0 fully saturated rings. The number of rotatable bonds is 6. The molecule has 1 aromatic carbocycles. The van der Waals surface area contributed by atoms with Crippen molar-refractivity contribution < 1.29 is 18.7 Å². The van der Waals surface area contributed by atoms with Gasteiger partial charge in [-0.25, -0.2) is 4.39 Å². The third-order valence-electron chi connectivity index (χ3n) is 3.81. The third-order valence-corrected chi connectivity index (χ3v) is 3.81. The summed E-state index contributed by atoms with van der Waals surface area (Å²) in [6.07, 6.45) is 0.769. The summed E-state index contributed by atoms with van der Waals surface area (Å²) < 4.78 is 23.5. The summed E-state index contributed by atoms with van der Waals surface area (Å²) in [5.74, 6) is -0.670. The van der Waals surface area contributed by atoms with Crippen LogP contribution in [0.3, 0.4) is 0 Å². The van der Waals surface area contributed by atoms with Gasteiger partial charge in [-0.15, -0.1) is 0 Å². The summed E-state index contributed by atoms with van der Waals surface area (Å²) in [4.78, 5) is 11.6. The molecular formula is C15H22FNO3. The molecular weight excluding hydrogens is 261 g/mol. The number of carbonyl (C=O) groups is 1. The molecule has 0 radical (unpaired) electrons. The molecule has 0 aliphatic carbocycles. The molecule has 20 heavy (non-hydrogen) atoms. The lowest BCUT2D eigenvalue weighted by atomic mass is 9.72. The number of hydrogen-bond acceptors (Lipinski definition) is 4. The van der Waals surface area contributed by atoms with E-state index in [0.29, 0.717) is 12.0 Å². The Morgan fingerprint density at radius 2 is 2.10 bits per heavy atom. The van der Waals surface area contributed by atoms with Crippen LogP contribution in [0.25, 0.3) is 0 Å². The van der Waals surface area contributed by atoms with Crippen molar-refractivity contribution in [2.45, 2.75) is 38.1 Å². The number of ether oxygens (including phenoxy) is 2. The highest BCUT2D eigenvalue weighted by Gasteiger charge is 2.36. The Morgan fingerprint density at radius 1 is 1.45 bits per heavy atom. The smallest absolute Gasteiger partial charge is 0.306 e. The van der Waals surface area contributed by atoms with Crippen LogP contribution in [-0.4, -0.2) is 26.2 Å². The standard InChI is InChI=1S/C15H22FNO3/c1-5-13(17)15(2,9-14(18)20-4)10-6-7-12(19-3)11(16)8-10/h6-8,13H,5,9,17H2,1-4H3. The number of hydrogen-bond donors (Lipinski definition) is 1. The van der Waals surface area contributed by atoms with Crippen LogP contribution in [0.15, 0.2) is 18.2 Å². The van der Waals surface area contributed by atoms with Crippen LogP contribution in [0.4, 0.5) is 4.39 Å². The molecule has 0 aliphatic rings. The predicted octanol–water partition coefficient (Wildman–Crippen LogP) is 2.39. The van der Waals surface area contributed by atoms with Crippen molar-refractivity contribution in [1.82, 2.24) is 0 Å². The Morgan fingerprint density at radius 3 is 2.55 bits per heavy atom. The minimum absolute atomic E-state index is 0.101. The molecule has 1 rings (SSSR count). The van der Waals surface area contributed by atoms with Crippen molar-refractivity contribution in [3.8, 4) is 5.75 Å². The SMILES string of the molecule is CCC(N)C(C)(CC(=O)OC)c1ccc(OC)c(F)c1. The highest BCUT2D eigenvalue weighted by molar-refractivity contribution is 5.71. The monoisotopic (exact) mass is 283 g/mol. The van der Waals surface area contributed by atoms with E-state index in [9.17, 15) is 9.18 Å². The zero-order chi connectivity index (χ0) is 15.3. The van der Waals surface area contributed by atoms with Crippen molar-refractivity contribution in [3.05, 3.63) is 29.6 Å². The number of carbonyl (C=O) groups excluding carboxylic acids is 1. The van der Waals surface area contributed by atoms with Crippen LogP contribution in [0.5, 0.6) is 5.75 Å². The molecule has 0 aliphatic heterocycles. The molecule has 2 atom stereocenters. The number of benzene rings is 1. The van der Waals surface area contributed by atoms with Crippen LogP contribution >= 0.6 is 0 Å². The Hall–Kier alpha value is -1.62. The average molecular weight is 283 g/mol. The fraction of sp³-hybridized carbons (Fsp3) is 0.533. The van der Waals surface area contributed by atoms with Gasteiger partial charge in [0.1, 0.15) is 0 Å². The lowest BCUT2D eigenvalue weighted by Crippen LogP contribution is -2.44. The summed E-state index contributed by atoms with van der Waals surface area (Å²) in [5, 5.41) is 0. The van der Waals surface area contributed by atoms with Crippen LogP contribution in [0, 0.1) is 5.82 Å². The summed E-state index contributed by atoms with van der Waals surface area (Å²) >= 11 is 0. The number of esters is 1. The van der Waals surface area contributed by atoms with E-state index < -0.39 is 11.2 Å². The van der Waals surface area contributed by atoms with E-state index in [0.717, 1.165) is 0 Å². The fourth-order valence-electron chi connectivity index (χ4n) is 2.29. The molecule has 0 spiro atoms. The summed E-state index contributed by atoms with van der Waals surface area (Å²) in [5.41, 5.74) is 6.12. The largest absolute Gasteiger partial charge is 0.494 e. The maximum atomic E-state index is 13.9. The second-order valence-electron chi connectivity index (χ2n) is 5.03. The topological polar surface area (TPSA) is 61.6 Å².